The van der Waals surface area contributed by atoms with Crippen molar-refractivity contribution < 1.29 is 0 Å². The minimum atomic E-state index is -0.185. The first-order valence-electron chi connectivity index (χ1n) is 12.0. The number of rotatable bonds is 2. The number of nitrogens with zero attached hydrogens (tertiary/aromatic N) is 5. The van der Waals surface area contributed by atoms with Gasteiger partial charge >= 0.3 is 0 Å². The Labute approximate surface area is 201 Å². The van der Waals surface area contributed by atoms with Gasteiger partial charge in [-0.2, -0.15) is 5.26 Å². The van der Waals surface area contributed by atoms with E-state index < -0.39 is 0 Å². The fourth-order valence-corrected chi connectivity index (χ4v) is 5.21. The minimum Gasteiger partial charge on any atom is -0.321 e. The van der Waals surface area contributed by atoms with Gasteiger partial charge in [0.1, 0.15) is 6.07 Å². The van der Waals surface area contributed by atoms with E-state index in [0.29, 0.717) is 23.2 Å². The second-order valence-corrected chi connectivity index (χ2v) is 9.60. The Hall–Kier alpha value is -3.05. The molecule has 7 heteroatoms. The summed E-state index contributed by atoms with van der Waals surface area (Å²) in [7, 11) is 2.25. The minimum absolute atomic E-state index is 0.185. The predicted octanol–water partition coefficient (Wildman–Crippen LogP) is 2.92. The lowest BCUT2D eigenvalue weighted by molar-refractivity contribution is -0.0149. The van der Waals surface area contributed by atoms with Gasteiger partial charge in [-0.05, 0) is 57.0 Å². The zero-order chi connectivity index (χ0) is 24.2. The zero-order valence-corrected chi connectivity index (χ0v) is 20.6. The van der Waals surface area contributed by atoms with Crippen LogP contribution in [0.25, 0.3) is 10.9 Å². The lowest BCUT2D eigenvalue weighted by Crippen LogP contribution is -2.64. The molecule has 7 nitrogen and oxygen atoms in total. The molecule has 178 valence electrons. The van der Waals surface area contributed by atoms with Crippen molar-refractivity contribution in [2.24, 2.45) is 0 Å². The van der Waals surface area contributed by atoms with Gasteiger partial charge in [0.05, 0.1) is 11.1 Å². The van der Waals surface area contributed by atoms with Gasteiger partial charge in [-0.3, -0.25) is 19.6 Å². The molecule has 34 heavy (non-hydrogen) atoms. The van der Waals surface area contributed by atoms with Crippen LogP contribution in [0.4, 0.5) is 0 Å². The largest absolute Gasteiger partial charge is 0.321 e. The molecule has 0 amide bonds. The van der Waals surface area contributed by atoms with Crippen molar-refractivity contribution in [2.45, 2.75) is 39.4 Å². The molecule has 1 N–H and O–H groups in total. The lowest BCUT2D eigenvalue weighted by Gasteiger charge is -2.50. The van der Waals surface area contributed by atoms with Crippen molar-refractivity contribution >= 4 is 10.9 Å². The van der Waals surface area contributed by atoms with Crippen molar-refractivity contribution in [1.82, 2.24) is 24.7 Å². The van der Waals surface area contributed by atoms with E-state index in [2.05, 4.69) is 64.6 Å². The Morgan fingerprint density at radius 3 is 2.68 bits per heavy atom. The Balaban J connectivity index is 0.000000180. The van der Waals surface area contributed by atoms with Crippen LogP contribution < -0.4 is 5.56 Å². The number of fused-ring (bicyclic) bond motifs is 2. The summed E-state index contributed by atoms with van der Waals surface area (Å²) in [6.07, 6.45) is 0. The quantitative estimate of drug-likeness (QED) is 0.636. The molecule has 2 saturated heterocycles. The predicted molar refractivity (Wildman–Crippen MR) is 136 cm³/mol. The van der Waals surface area contributed by atoms with Crippen LogP contribution in [-0.4, -0.2) is 76.5 Å². The second-order valence-electron chi connectivity index (χ2n) is 9.60. The second kappa shape index (κ2) is 10.5. The van der Waals surface area contributed by atoms with Crippen LogP contribution in [0.1, 0.15) is 29.4 Å². The van der Waals surface area contributed by atoms with Crippen molar-refractivity contribution in [3.8, 4) is 6.07 Å². The van der Waals surface area contributed by atoms with Crippen molar-refractivity contribution in [3.63, 3.8) is 0 Å². The summed E-state index contributed by atoms with van der Waals surface area (Å²) >= 11 is 0. The summed E-state index contributed by atoms with van der Waals surface area (Å²) in [5.74, 6) is 0. The summed E-state index contributed by atoms with van der Waals surface area (Å²) < 4.78 is 0. The van der Waals surface area contributed by atoms with Crippen LogP contribution in [0.5, 0.6) is 0 Å². The number of aromatic nitrogens is 2. The lowest BCUT2D eigenvalue weighted by atomic mass is 10.0. The van der Waals surface area contributed by atoms with Crippen LogP contribution in [-0.2, 0) is 6.54 Å². The fraction of sp³-hybridized carbons (Fsp3) is 0.444. The molecule has 2 unspecified atom stereocenters. The highest BCUT2D eigenvalue weighted by atomic mass is 16.1. The number of nitriles is 1. The van der Waals surface area contributed by atoms with E-state index in [9.17, 15) is 4.79 Å². The number of para-hydroxylation sites is 1. The fourth-order valence-electron chi connectivity index (χ4n) is 5.21. The number of aryl methyl sites for hydroxylation is 2. The Bertz CT molecular complexity index is 1250. The summed E-state index contributed by atoms with van der Waals surface area (Å²) in [6, 6.07) is 16.3. The first kappa shape index (κ1) is 24.1. The first-order chi connectivity index (χ1) is 16.3. The number of likely N-dealkylation sites (N-methyl/N-ethyl adjacent to an activating group) is 1. The maximum atomic E-state index is 11.0. The highest BCUT2D eigenvalue weighted by Gasteiger charge is 2.34. The van der Waals surface area contributed by atoms with E-state index in [0.717, 1.165) is 17.6 Å². The molecule has 0 bridgehead atoms. The molecule has 0 spiro atoms. The van der Waals surface area contributed by atoms with E-state index in [1.165, 1.54) is 50.0 Å². The van der Waals surface area contributed by atoms with Crippen LogP contribution in [0.2, 0.25) is 0 Å². The van der Waals surface area contributed by atoms with Gasteiger partial charge < -0.3 is 9.88 Å². The maximum absolute atomic E-state index is 11.0. The van der Waals surface area contributed by atoms with Gasteiger partial charge in [-0.25, -0.2) is 0 Å². The Morgan fingerprint density at radius 1 is 1.09 bits per heavy atom. The van der Waals surface area contributed by atoms with Gasteiger partial charge in [0.15, 0.2) is 0 Å². The van der Waals surface area contributed by atoms with Gasteiger partial charge in [0.25, 0.3) is 0 Å². The zero-order valence-electron chi connectivity index (χ0n) is 20.6. The number of hydrogen-bond donors (Lipinski definition) is 1. The molecule has 2 aliphatic rings. The van der Waals surface area contributed by atoms with E-state index >= 15 is 0 Å². The van der Waals surface area contributed by atoms with Gasteiger partial charge in [0.2, 0.25) is 5.56 Å². The summed E-state index contributed by atoms with van der Waals surface area (Å²) in [4.78, 5) is 26.0. The third-order valence-corrected chi connectivity index (χ3v) is 6.88. The van der Waals surface area contributed by atoms with Gasteiger partial charge in [-0.15, -0.1) is 0 Å². The Kier molecular flexibility index (Phi) is 7.42. The number of H-pyrrole nitrogens is 1. The molecule has 2 fully saturated rings. The summed E-state index contributed by atoms with van der Waals surface area (Å²) in [5.41, 5.74) is 4.60. The van der Waals surface area contributed by atoms with Gasteiger partial charge in [0, 0.05) is 68.8 Å². The number of pyridine rings is 2. The molecular formula is C27H34N6O. The van der Waals surface area contributed by atoms with Crippen LogP contribution in [0, 0.1) is 25.2 Å². The highest BCUT2D eigenvalue weighted by Crippen LogP contribution is 2.21. The normalized spacial score (nSPS) is 21.4. The van der Waals surface area contributed by atoms with Crippen LogP contribution in [0.15, 0.2) is 47.3 Å². The van der Waals surface area contributed by atoms with E-state index in [-0.39, 0.29) is 5.56 Å². The molecule has 2 aliphatic heterocycles. The van der Waals surface area contributed by atoms with Crippen molar-refractivity contribution in [1.29, 1.82) is 5.26 Å². The van der Waals surface area contributed by atoms with Crippen LogP contribution in [0.3, 0.4) is 0 Å². The number of benzene rings is 1. The van der Waals surface area contributed by atoms with Crippen molar-refractivity contribution in [3.05, 3.63) is 75.3 Å². The maximum Gasteiger partial charge on any atom is 0.248 e. The number of nitrogens with one attached hydrogen (secondary N) is 1. The molecule has 4 heterocycles. The third kappa shape index (κ3) is 5.53. The molecule has 0 saturated carbocycles. The first-order valence-corrected chi connectivity index (χ1v) is 12.0. The Morgan fingerprint density at radius 2 is 1.91 bits per heavy atom. The average Bonchev–Trinajstić information content (AvgIpc) is 2.80. The number of piperazine rings is 2. The number of aromatic amines is 1. The molecule has 5 rings (SSSR count). The highest BCUT2D eigenvalue weighted by molar-refractivity contribution is 5.83. The smallest absolute Gasteiger partial charge is 0.248 e. The molecular weight excluding hydrogens is 424 g/mol. The SMILES string of the molecule is Cc1ccc(CN2CCN3C(C)CN(C)CC3C2)c(C)n1.N#Cc1cccc2ccc(=O)[nH]c12. The molecule has 1 aromatic carbocycles. The monoisotopic (exact) mass is 458 g/mol. The standard InChI is InChI=1S/C17H28N4.C10H6N2O/c1-13-5-6-16(15(3)18-13)10-20-7-8-21-14(2)9-19(4)11-17(21)12-20;11-6-8-3-1-2-7-4-5-9(13)12-10(7)8/h5-6,14,17H,7-12H2,1-4H3;1-5H,(H,12,13). The summed E-state index contributed by atoms with van der Waals surface area (Å²) in [5, 5.41) is 9.63. The molecule has 3 aromatic rings. The third-order valence-electron chi connectivity index (χ3n) is 6.88. The summed E-state index contributed by atoms with van der Waals surface area (Å²) in [6.45, 7) is 13.6. The van der Waals surface area contributed by atoms with E-state index in [1.54, 1.807) is 18.2 Å². The van der Waals surface area contributed by atoms with E-state index in [1.807, 2.05) is 12.1 Å². The molecule has 2 atom stereocenters. The van der Waals surface area contributed by atoms with Crippen LogP contribution >= 0.6 is 0 Å². The van der Waals surface area contributed by atoms with Crippen molar-refractivity contribution in [2.75, 3.05) is 39.8 Å². The number of hydrogen-bond acceptors (Lipinski definition) is 6. The topological polar surface area (TPSA) is 79.3 Å². The molecule has 0 aliphatic carbocycles. The average molecular weight is 459 g/mol. The van der Waals surface area contributed by atoms with E-state index in [4.69, 9.17) is 5.26 Å². The van der Waals surface area contributed by atoms with Gasteiger partial charge in [-0.1, -0.05) is 18.2 Å². The molecule has 0 radical (unpaired) electrons. The molecule has 2 aromatic heterocycles.